The molecule has 0 saturated carbocycles. The molecule has 0 spiro atoms. The van der Waals surface area contributed by atoms with Crippen molar-refractivity contribution >= 4 is 45.7 Å². The van der Waals surface area contributed by atoms with Gasteiger partial charge in [-0.05, 0) is 101 Å². The Balaban J connectivity index is 0.000000193. The Morgan fingerprint density at radius 2 is 1.47 bits per heavy atom. The van der Waals surface area contributed by atoms with Gasteiger partial charge in [0.2, 0.25) is 0 Å². The summed E-state index contributed by atoms with van der Waals surface area (Å²) in [7, 11) is 4.28. The van der Waals surface area contributed by atoms with Crippen LogP contribution in [0.5, 0.6) is 5.75 Å². The number of nitrogens with zero attached hydrogens (tertiary/aromatic N) is 4. The molecule has 1 saturated heterocycles. The second-order valence-corrected chi connectivity index (χ2v) is 15.2. The fraction of sp³-hybridized carbons (Fsp3) is 0.357. The molecule has 1 aromatic heterocycles. The summed E-state index contributed by atoms with van der Waals surface area (Å²) in [4.78, 5) is 24.3. The number of anilines is 2. The van der Waals surface area contributed by atoms with E-state index in [9.17, 15) is 4.79 Å². The van der Waals surface area contributed by atoms with Crippen molar-refractivity contribution in [3.63, 3.8) is 0 Å². The molecule has 1 unspecified atom stereocenters. The maximum absolute atomic E-state index is 11.9. The van der Waals surface area contributed by atoms with E-state index < -0.39 is 0 Å². The molecule has 268 valence electrons. The van der Waals surface area contributed by atoms with Gasteiger partial charge in [-0.25, -0.2) is 4.79 Å². The highest BCUT2D eigenvalue weighted by Crippen LogP contribution is 2.47. The molecular weight excluding hydrogens is 676 g/mol. The van der Waals surface area contributed by atoms with Crippen LogP contribution in [0.15, 0.2) is 110 Å². The van der Waals surface area contributed by atoms with Gasteiger partial charge in [0.15, 0.2) is 0 Å². The van der Waals surface area contributed by atoms with Gasteiger partial charge < -0.3 is 23.9 Å². The van der Waals surface area contributed by atoms with Gasteiger partial charge in [0, 0.05) is 83.7 Å². The van der Waals surface area contributed by atoms with Crippen LogP contribution in [0, 0.1) is 13.8 Å². The molecule has 51 heavy (non-hydrogen) atoms. The van der Waals surface area contributed by atoms with Crippen molar-refractivity contribution in [2.75, 3.05) is 64.9 Å². The number of hydrogen-bond acceptors (Lipinski definition) is 8. The lowest BCUT2D eigenvalue weighted by Gasteiger charge is -2.36. The second kappa shape index (κ2) is 17.2. The van der Waals surface area contributed by atoms with Crippen LogP contribution in [0.1, 0.15) is 30.0 Å². The molecule has 4 aromatic carbocycles. The van der Waals surface area contributed by atoms with Crippen molar-refractivity contribution in [3.8, 4) is 5.75 Å². The summed E-state index contributed by atoms with van der Waals surface area (Å²) in [6.45, 7) is 14.0. The Labute approximate surface area is 311 Å². The number of aryl methyl sites for hydroxylation is 1. The van der Waals surface area contributed by atoms with Gasteiger partial charge in [-0.1, -0.05) is 59.8 Å². The number of benzene rings is 4. The Morgan fingerprint density at radius 3 is 2.12 bits per heavy atom. The van der Waals surface area contributed by atoms with Gasteiger partial charge in [0.1, 0.15) is 11.3 Å². The SMILES string of the molecule is CC(CN1c2ccccc2Sc2ccccc21)N(C)C.Cc1c(C)c2ccc(OCCCN3CCN(Cc4ccc(Cl)cc4)CC3)cc2oc1=O. The van der Waals surface area contributed by atoms with E-state index in [0.29, 0.717) is 23.8 Å². The predicted molar refractivity (Wildman–Crippen MR) is 212 cm³/mol. The molecule has 1 fully saturated rings. The van der Waals surface area contributed by atoms with E-state index in [-0.39, 0.29) is 5.63 Å². The lowest BCUT2D eigenvalue weighted by atomic mass is 10.1. The third-order valence-corrected chi connectivity index (χ3v) is 11.3. The van der Waals surface area contributed by atoms with E-state index >= 15 is 0 Å². The third-order valence-electron chi connectivity index (χ3n) is 9.96. The van der Waals surface area contributed by atoms with Crippen LogP contribution in [0.3, 0.4) is 0 Å². The van der Waals surface area contributed by atoms with Crippen LogP contribution in [0.25, 0.3) is 11.0 Å². The highest BCUT2D eigenvalue weighted by atomic mass is 35.5. The van der Waals surface area contributed by atoms with E-state index in [1.165, 1.54) is 26.7 Å². The van der Waals surface area contributed by atoms with Crippen LogP contribution in [-0.2, 0) is 6.54 Å². The predicted octanol–water partition coefficient (Wildman–Crippen LogP) is 8.89. The third kappa shape index (κ3) is 9.36. The summed E-state index contributed by atoms with van der Waals surface area (Å²) < 4.78 is 11.3. The Morgan fingerprint density at radius 1 is 0.843 bits per heavy atom. The summed E-state index contributed by atoms with van der Waals surface area (Å²) in [6.07, 6.45) is 0.964. The Kier molecular flexibility index (Phi) is 12.4. The average Bonchev–Trinajstić information content (AvgIpc) is 3.14. The number of fused-ring (bicyclic) bond motifs is 3. The summed E-state index contributed by atoms with van der Waals surface area (Å²) in [5.41, 5.74) is 5.89. The number of para-hydroxylation sites is 2. The largest absolute Gasteiger partial charge is 0.493 e. The standard InChI is InChI=1S/C25H29ClN2O3.C17H20N2S/c1-18-19(2)25(29)31-24-16-22(8-9-23(18)24)30-15-3-10-27-11-13-28(14-12-27)17-20-4-6-21(26)7-5-20;1-13(18(2)3)12-19-14-8-4-6-10-16(14)20-17-11-7-5-9-15(17)19/h4-9,16H,3,10-15,17H2,1-2H3;4-11,13H,12H2,1-3H3. The van der Waals surface area contributed by atoms with Crippen molar-refractivity contribution in [2.45, 2.75) is 49.6 Å². The van der Waals surface area contributed by atoms with Crippen molar-refractivity contribution in [3.05, 3.63) is 123 Å². The fourth-order valence-electron chi connectivity index (χ4n) is 6.42. The number of likely N-dealkylation sites (N-methyl/N-ethyl adjacent to an activating group) is 1. The first-order valence-electron chi connectivity index (χ1n) is 17.8. The first-order chi connectivity index (χ1) is 24.7. The summed E-state index contributed by atoms with van der Waals surface area (Å²) in [6, 6.07) is 31.7. The zero-order valence-corrected chi connectivity index (χ0v) is 32.0. The molecule has 2 aliphatic heterocycles. The smallest absolute Gasteiger partial charge is 0.339 e. The van der Waals surface area contributed by atoms with Crippen molar-refractivity contribution in [1.29, 1.82) is 0 Å². The topological polar surface area (TPSA) is 52.4 Å². The maximum atomic E-state index is 11.9. The molecule has 0 aliphatic carbocycles. The second-order valence-electron chi connectivity index (χ2n) is 13.7. The van der Waals surface area contributed by atoms with Gasteiger partial charge in [-0.2, -0.15) is 0 Å². The molecule has 0 amide bonds. The first kappa shape index (κ1) is 37.0. The maximum Gasteiger partial charge on any atom is 0.339 e. The molecule has 0 bridgehead atoms. The molecule has 0 N–H and O–H groups in total. The average molecular weight is 725 g/mol. The van der Waals surface area contributed by atoms with Crippen LogP contribution < -0.4 is 15.3 Å². The van der Waals surface area contributed by atoms with Gasteiger partial charge in [0.25, 0.3) is 0 Å². The minimum Gasteiger partial charge on any atom is -0.493 e. The van der Waals surface area contributed by atoms with Crippen molar-refractivity contribution in [2.24, 2.45) is 0 Å². The van der Waals surface area contributed by atoms with Crippen LogP contribution in [0.2, 0.25) is 5.02 Å². The molecule has 7 nitrogen and oxygen atoms in total. The van der Waals surface area contributed by atoms with Gasteiger partial charge in [-0.3, -0.25) is 4.90 Å². The van der Waals surface area contributed by atoms with E-state index in [0.717, 1.165) is 74.0 Å². The molecule has 3 heterocycles. The highest BCUT2D eigenvalue weighted by Gasteiger charge is 2.24. The van der Waals surface area contributed by atoms with Crippen LogP contribution in [-0.4, -0.2) is 80.7 Å². The fourth-order valence-corrected chi connectivity index (χ4v) is 7.64. The zero-order chi connectivity index (χ0) is 35.9. The molecule has 9 heteroatoms. The molecule has 7 rings (SSSR count). The minimum atomic E-state index is -0.280. The van der Waals surface area contributed by atoms with Crippen LogP contribution in [0.4, 0.5) is 11.4 Å². The quantitative estimate of drug-likeness (QED) is 0.105. The van der Waals surface area contributed by atoms with E-state index in [1.54, 1.807) is 6.92 Å². The van der Waals surface area contributed by atoms with Gasteiger partial charge in [-0.15, -0.1) is 0 Å². The lowest BCUT2D eigenvalue weighted by Crippen LogP contribution is -2.46. The monoisotopic (exact) mass is 724 g/mol. The van der Waals surface area contributed by atoms with E-state index in [2.05, 4.69) is 101 Å². The Bertz CT molecular complexity index is 1930. The number of rotatable bonds is 10. The highest BCUT2D eigenvalue weighted by molar-refractivity contribution is 7.99. The normalized spacial score (nSPS) is 15.2. The molecular formula is C42H49ClN4O3S. The van der Waals surface area contributed by atoms with Gasteiger partial charge in [0.05, 0.1) is 18.0 Å². The number of halogens is 1. The van der Waals surface area contributed by atoms with Crippen molar-refractivity contribution < 1.29 is 9.15 Å². The number of piperazine rings is 1. The lowest BCUT2D eigenvalue weighted by molar-refractivity contribution is 0.121. The summed E-state index contributed by atoms with van der Waals surface area (Å²) in [5, 5.41) is 1.75. The Hall–Kier alpha value is -3.79. The molecule has 1 atom stereocenters. The first-order valence-corrected chi connectivity index (χ1v) is 19.0. The summed E-state index contributed by atoms with van der Waals surface area (Å²) in [5.74, 6) is 0.742. The van der Waals surface area contributed by atoms with Gasteiger partial charge >= 0.3 is 5.63 Å². The number of ether oxygens (including phenoxy) is 1. The molecule has 2 aliphatic rings. The molecule has 5 aromatic rings. The number of hydrogen-bond donors (Lipinski definition) is 0. The minimum absolute atomic E-state index is 0.280. The van der Waals surface area contributed by atoms with E-state index in [4.69, 9.17) is 20.8 Å². The van der Waals surface area contributed by atoms with E-state index in [1.807, 2.05) is 49.0 Å². The van der Waals surface area contributed by atoms with Crippen LogP contribution >= 0.6 is 23.4 Å². The molecule has 0 radical (unpaired) electrons. The zero-order valence-electron chi connectivity index (χ0n) is 30.4. The summed E-state index contributed by atoms with van der Waals surface area (Å²) >= 11 is 7.84. The van der Waals surface area contributed by atoms with Crippen molar-refractivity contribution in [1.82, 2.24) is 14.7 Å².